The van der Waals surface area contributed by atoms with Gasteiger partial charge in [-0.3, -0.25) is 0 Å². The molecule has 46 heavy (non-hydrogen) atoms. The molecule has 0 fully saturated rings. The van der Waals surface area contributed by atoms with E-state index in [0.717, 1.165) is 12.8 Å². The first kappa shape index (κ1) is 25.7. The van der Waals surface area contributed by atoms with Crippen LogP contribution in [0.2, 0.25) is 0 Å². The SMILES string of the molecule is C1=CC2c3cc(-c4ccc5c(c4)c4c(n5-c5cccc6ccccc56)=CCCC=4)ccc3N(c3ccc4ccccc4c3)C2C=C1. The monoisotopic (exact) mass is 588 g/mol. The van der Waals surface area contributed by atoms with E-state index in [9.17, 15) is 0 Å². The summed E-state index contributed by atoms with van der Waals surface area (Å²) in [6.45, 7) is 0. The molecule has 218 valence electrons. The van der Waals surface area contributed by atoms with Gasteiger partial charge in [0.05, 0.1) is 17.2 Å². The maximum Gasteiger partial charge on any atom is 0.0629 e. The largest absolute Gasteiger partial charge is 0.333 e. The summed E-state index contributed by atoms with van der Waals surface area (Å²) in [6, 6.07) is 45.4. The van der Waals surface area contributed by atoms with Crippen molar-refractivity contribution >= 4 is 56.0 Å². The quantitative estimate of drug-likeness (QED) is 0.200. The smallest absolute Gasteiger partial charge is 0.0629 e. The third-order valence-corrected chi connectivity index (χ3v) is 10.3. The number of hydrogen-bond donors (Lipinski definition) is 0. The van der Waals surface area contributed by atoms with E-state index in [4.69, 9.17) is 0 Å². The first-order chi connectivity index (χ1) is 22.8. The zero-order valence-electron chi connectivity index (χ0n) is 25.5. The Hall–Kier alpha value is -5.60. The summed E-state index contributed by atoms with van der Waals surface area (Å²) >= 11 is 0. The predicted molar refractivity (Wildman–Crippen MR) is 195 cm³/mol. The van der Waals surface area contributed by atoms with Gasteiger partial charge in [-0.2, -0.15) is 0 Å². The highest BCUT2D eigenvalue weighted by molar-refractivity contribution is 5.95. The molecule has 2 atom stereocenters. The minimum absolute atomic E-state index is 0.269. The number of hydrogen-bond acceptors (Lipinski definition) is 1. The molecule has 1 aromatic heterocycles. The van der Waals surface area contributed by atoms with Crippen molar-refractivity contribution in [3.8, 4) is 16.8 Å². The van der Waals surface area contributed by atoms with E-state index in [0.29, 0.717) is 5.92 Å². The number of nitrogens with zero attached hydrogens (tertiary/aromatic N) is 2. The number of benzene rings is 6. The summed E-state index contributed by atoms with van der Waals surface area (Å²) in [6.07, 6.45) is 16.2. The minimum atomic E-state index is 0.269. The molecule has 7 aromatic rings. The van der Waals surface area contributed by atoms with Crippen LogP contribution in [0.3, 0.4) is 0 Å². The van der Waals surface area contributed by atoms with Crippen molar-refractivity contribution in [1.29, 1.82) is 0 Å². The van der Waals surface area contributed by atoms with Crippen LogP contribution >= 0.6 is 0 Å². The van der Waals surface area contributed by atoms with Gasteiger partial charge in [0.25, 0.3) is 0 Å². The van der Waals surface area contributed by atoms with E-state index in [-0.39, 0.29) is 6.04 Å². The molecule has 2 heteroatoms. The Morgan fingerprint density at radius 1 is 0.543 bits per heavy atom. The Kier molecular flexibility index (Phi) is 5.56. The third-order valence-electron chi connectivity index (χ3n) is 10.3. The number of anilines is 2. The van der Waals surface area contributed by atoms with Crippen molar-refractivity contribution in [2.75, 3.05) is 4.90 Å². The van der Waals surface area contributed by atoms with E-state index in [2.05, 4.69) is 167 Å². The minimum Gasteiger partial charge on any atom is -0.333 e. The van der Waals surface area contributed by atoms with Crippen LogP contribution in [0.1, 0.15) is 24.3 Å². The molecule has 2 heterocycles. The average Bonchev–Trinajstić information content (AvgIpc) is 3.63. The van der Waals surface area contributed by atoms with Crippen LogP contribution in [-0.4, -0.2) is 10.6 Å². The second-order valence-corrected chi connectivity index (χ2v) is 12.8. The number of rotatable bonds is 3. The van der Waals surface area contributed by atoms with Crippen LogP contribution in [0.15, 0.2) is 146 Å². The molecule has 0 bridgehead atoms. The molecule has 0 spiro atoms. The van der Waals surface area contributed by atoms with E-state index in [1.54, 1.807) is 0 Å². The molecular weight excluding hydrogens is 556 g/mol. The zero-order valence-corrected chi connectivity index (χ0v) is 25.5. The highest BCUT2D eigenvalue weighted by Gasteiger charge is 2.37. The van der Waals surface area contributed by atoms with Crippen LogP contribution in [-0.2, 0) is 0 Å². The lowest BCUT2D eigenvalue weighted by atomic mass is 9.89. The van der Waals surface area contributed by atoms with Gasteiger partial charge in [0.2, 0.25) is 0 Å². The van der Waals surface area contributed by atoms with Gasteiger partial charge in [-0.1, -0.05) is 115 Å². The van der Waals surface area contributed by atoms with Crippen molar-refractivity contribution in [2.24, 2.45) is 0 Å². The maximum absolute atomic E-state index is 2.53. The Bertz CT molecular complexity index is 2560. The van der Waals surface area contributed by atoms with E-state index in [1.165, 1.54) is 76.8 Å². The molecule has 0 saturated carbocycles. The third kappa shape index (κ3) is 3.77. The Balaban J connectivity index is 1.13. The molecule has 0 amide bonds. The normalized spacial score (nSPS) is 18.0. The molecule has 2 nitrogen and oxygen atoms in total. The van der Waals surface area contributed by atoms with Gasteiger partial charge in [-0.05, 0) is 88.2 Å². The number of fused-ring (bicyclic) bond motifs is 8. The van der Waals surface area contributed by atoms with Gasteiger partial charge < -0.3 is 9.47 Å². The van der Waals surface area contributed by atoms with Gasteiger partial charge in [0.15, 0.2) is 0 Å². The van der Waals surface area contributed by atoms with Crippen LogP contribution in [0.4, 0.5) is 11.4 Å². The Labute approximate surface area is 268 Å². The Morgan fingerprint density at radius 2 is 1.33 bits per heavy atom. The molecule has 1 aliphatic heterocycles. The van der Waals surface area contributed by atoms with Crippen molar-refractivity contribution in [3.05, 3.63) is 162 Å². The van der Waals surface area contributed by atoms with Crippen LogP contribution in [0.5, 0.6) is 0 Å². The van der Waals surface area contributed by atoms with Gasteiger partial charge in [0, 0.05) is 38.6 Å². The summed E-state index contributed by atoms with van der Waals surface area (Å²) < 4.78 is 2.49. The molecule has 10 rings (SSSR count). The molecule has 0 saturated heterocycles. The summed E-state index contributed by atoms with van der Waals surface area (Å²) in [5.41, 5.74) is 8.99. The molecule has 2 unspecified atom stereocenters. The first-order valence-corrected chi connectivity index (χ1v) is 16.4. The summed E-state index contributed by atoms with van der Waals surface area (Å²) in [5, 5.41) is 9.11. The van der Waals surface area contributed by atoms with Gasteiger partial charge in [0.1, 0.15) is 0 Å². The second kappa shape index (κ2) is 9.95. The molecule has 6 aromatic carbocycles. The fourth-order valence-corrected chi connectivity index (χ4v) is 8.19. The average molecular weight is 589 g/mol. The van der Waals surface area contributed by atoms with Crippen molar-refractivity contribution in [1.82, 2.24) is 4.57 Å². The van der Waals surface area contributed by atoms with Crippen molar-refractivity contribution in [3.63, 3.8) is 0 Å². The predicted octanol–water partition coefficient (Wildman–Crippen LogP) is 9.69. The lowest BCUT2D eigenvalue weighted by molar-refractivity contribution is 0.745. The number of aromatic nitrogens is 1. The molecule has 2 aliphatic carbocycles. The van der Waals surface area contributed by atoms with Gasteiger partial charge >= 0.3 is 0 Å². The summed E-state index contributed by atoms with van der Waals surface area (Å²) in [4.78, 5) is 2.53. The van der Waals surface area contributed by atoms with Crippen LogP contribution in [0, 0.1) is 0 Å². The molecule has 0 N–H and O–H groups in total. The van der Waals surface area contributed by atoms with Gasteiger partial charge in [-0.25, -0.2) is 0 Å². The van der Waals surface area contributed by atoms with E-state index in [1.807, 2.05) is 0 Å². The van der Waals surface area contributed by atoms with Gasteiger partial charge in [-0.15, -0.1) is 0 Å². The highest BCUT2D eigenvalue weighted by atomic mass is 15.2. The summed E-state index contributed by atoms with van der Waals surface area (Å²) in [5.74, 6) is 0.318. The lowest BCUT2D eigenvalue weighted by Gasteiger charge is -2.29. The summed E-state index contributed by atoms with van der Waals surface area (Å²) in [7, 11) is 0. The van der Waals surface area contributed by atoms with Crippen LogP contribution < -0.4 is 15.5 Å². The fraction of sp³-hybridized carbons (Fsp3) is 0.0909. The van der Waals surface area contributed by atoms with Crippen molar-refractivity contribution in [2.45, 2.75) is 24.8 Å². The Morgan fingerprint density at radius 3 is 2.28 bits per heavy atom. The zero-order chi connectivity index (χ0) is 30.2. The van der Waals surface area contributed by atoms with Crippen LogP contribution in [0.25, 0.3) is 61.4 Å². The fourth-order valence-electron chi connectivity index (χ4n) is 8.19. The maximum atomic E-state index is 2.53. The van der Waals surface area contributed by atoms with E-state index >= 15 is 0 Å². The van der Waals surface area contributed by atoms with E-state index < -0.39 is 0 Å². The highest BCUT2D eigenvalue weighted by Crippen LogP contribution is 2.49. The topological polar surface area (TPSA) is 8.17 Å². The first-order valence-electron chi connectivity index (χ1n) is 16.4. The molecule has 0 radical (unpaired) electrons. The van der Waals surface area contributed by atoms with Crippen molar-refractivity contribution < 1.29 is 0 Å². The molecular formula is C44H32N2. The second-order valence-electron chi connectivity index (χ2n) is 12.8. The molecule has 3 aliphatic rings. The number of allylic oxidation sites excluding steroid dienone is 2. The lowest BCUT2D eigenvalue weighted by Crippen LogP contribution is -2.30. The standard InChI is InChI=1S/C44H32N2/c1-2-12-31-26-34(23-20-29(31)10-1)45-41-17-7-5-15-36(41)38-27-32(21-24-43(38)45)33-22-25-44-39(28-33)37-16-6-8-18-42(37)46(44)40-19-9-13-30-11-3-4-14-35(30)40/h1-5,7,9-28,36,41H,6,8H2.